The number of nitrogens with zero attached hydrogens (tertiary/aromatic N) is 4. The third kappa shape index (κ3) is 4.01. The maximum Gasteiger partial charge on any atom is 0.335 e. The Labute approximate surface area is 207 Å². The molecule has 0 aliphatic carbocycles. The molecule has 2 heterocycles. The third-order valence-corrected chi connectivity index (χ3v) is 6.12. The van der Waals surface area contributed by atoms with Crippen molar-refractivity contribution in [2.75, 3.05) is 0 Å². The molecule has 0 bridgehead atoms. The molecule has 0 unspecified atom stereocenters. The van der Waals surface area contributed by atoms with Crippen LogP contribution in [0, 0.1) is 0 Å². The lowest BCUT2D eigenvalue weighted by molar-refractivity contribution is 0.0697. The van der Waals surface area contributed by atoms with Crippen molar-refractivity contribution in [2.45, 2.75) is 0 Å². The number of fused-ring (bicyclic) bond motifs is 1. The summed E-state index contributed by atoms with van der Waals surface area (Å²) in [5.41, 5.74) is 8.50. The lowest BCUT2D eigenvalue weighted by Crippen LogP contribution is -2.01. The Morgan fingerprint density at radius 3 is 2.00 bits per heavy atom. The number of carboxylic acid groups (broad SMARTS) is 1. The van der Waals surface area contributed by atoms with Gasteiger partial charge in [-0.15, -0.1) is 0 Å². The van der Waals surface area contributed by atoms with Crippen LogP contribution in [0.3, 0.4) is 0 Å². The lowest BCUT2D eigenvalue weighted by atomic mass is 10.0. The van der Waals surface area contributed by atoms with Crippen LogP contribution in [0.15, 0.2) is 116 Å². The molecule has 172 valence electrons. The van der Waals surface area contributed by atoms with Crippen molar-refractivity contribution < 1.29 is 9.90 Å². The van der Waals surface area contributed by atoms with Crippen LogP contribution in [-0.4, -0.2) is 30.8 Å². The zero-order chi connectivity index (χ0) is 24.5. The van der Waals surface area contributed by atoms with E-state index in [2.05, 4.69) is 46.4 Å². The average molecular weight is 469 g/mol. The molecule has 0 amide bonds. The molecule has 0 radical (unpaired) electrons. The first-order valence-corrected chi connectivity index (χ1v) is 11.5. The highest BCUT2D eigenvalue weighted by Gasteiger charge is 2.15. The maximum atomic E-state index is 11.3. The van der Waals surface area contributed by atoms with Crippen LogP contribution in [-0.2, 0) is 0 Å². The quantitative estimate of drug-likeness (QED) is 0.312. The second-order valence-electron chi connectivity index (χ2n) is 8.38. The van der Waals surface area contributed by atoms with Crippen molar-refractivity contribution in [3.05, 3.63) is 121 Å². The summed E-state index contributed by atoms with van der Waals surface area (Å²) in [5.74, 6) is -0.961. The summed E-state index contributed by atoms with van der Waals surface area (Å²) in [6, 6.07) is 33.3. The van der Waals surface area contributed by atoms with Gasteiger partial charge in [0.05, 0.1) is 33.7 Å². The summed E-state index contributed by atoms with van der Waals surface area (Å²) < 4.78 is 1.85. The summed E-state index contributed by atoms with van der Waals surface area (Å²) in [6.45, 7) is 0. The zero-order valence-electron chi connectivity index (χ0n) is 19.1. The normalized spacial score (nSPS) is 11.0. The monoisotopic (exact) mass is 468 g/mol. The molecule has 4 aromatic carbocycles. The largest absolute Gasteiger partial charge is 0.478 e. The molecule has 0 spiro atoms. The van der Waals surface area contributed by atoms with E-state index in [1.54, 1.807) is 36.7 Å². The second kappa shape index (κ2) is 8.92. The fourth-order valence-electron chi connectivity index (χ4n) is 4.26. The maximum absolute atomic E-state index is 11.3. The number of hydrogen-bond acceptors (Lipinski definition) is 4. The highest BCUT2D eigenvalue weighted by atomic mass is 16.4. The number of carboxylic acids is 1. The minimum Gasteiger partial charge on any atom is -0.478 e. The predicted octanol–water partition coefficient (Wildman–Crippen LogP) is 6.51. The zero-order valence-corrected chi connectivity index (χ0v) is 19.1. The molecule has 0 aliphatic heterocycles. The van der Waals surface area contributed by atoms with Gasteiger partial charge in [-0.2, -0.15) is 5.10 Å². The van der Waals surface area contributed by atoms with Crippen LogP contribution < -0.4 is 0 Å². The Morgan fingerprint density at radius 1 is 0.639 bits per heavy atom. The number of hydrogen-bond donors (Lipinski definition) is 1. The van der Waals surface area contributed by atoms with Crippen LogP contribution in [0.25, 0.3) is 50.4 Å². The van der Waals surface area contributed by atoms with Crippen molar-refractivity contribution in [1.82, 2.24) is 19.7 Å². The van der Waals surface area contributed by atoms with Crippen molar-refractivity contribution in [3.8, 4) is 39.3 Å². The number of benzene rings is 4. The molecule has 0 atom stereocenters. The minimum atomic E-state index is -0.961. The molecule has 6 heteroatoms. The summed E-state index contributed by atoms with van der Waals surface area (Å²) in [4.78, 5) is 20.1. The van der Waals surface area contributed by atoms with Gasteiger partial charge in [-0.25, -0.2) is 9.48 Å². The van der Waals surface area contributed by atoms with E-state index in [4.69, 9.17) is 5.10 Å². The fraction of sp³-hybridized carbons (Fsp3) is 0. The second-order valence-corrected chi connectivity index (χ2v) is 8.38. The molecule has 1 N–H and O–H groups in total. The number of aromatic nitrogens is 4. The van der Waals surface area contributed by atoms with Gasteiger partial charge in [-0.3, -0.25) is 9.97 Å². The van der Waals surface area contributed by atoms with Gasteiger partial charge in [-0.1, -0.05) is 60.7 Å². The van der Waals surface area contributed by atoms with Crippen LogP contribution >= 0.6 is 0 Å². The number of carbonyl (C=O) groups is 1. The lowest BCUT2D eigenvalue weighted by Gasteiger charge is -2.09. The van der Waals surface area contributed by atoms with Crippen LogP contribution in [0.4, 0.5) is 0 Å². The predicted molar refractivity (Wildman–Crippen MR) is 140 cm³/mol. The Kier molecular flexibility index (Phi) is 5.31. The van der Waals surface area contributed by atoms with E-state index >= 15 is 0 Å². The highest BCUT2D eigenvalue weighted by Crippen LogP contribution is 2.31. The van der Waals surface area contributed by atoms with E-state index in [1.807, 2.05) is 47.1 Å². The molecular formula is C30H20N4O2. The molecule has 0 fully saturated rings. The molecular weight excluding hydrogens is 448 g/mol. The molecule has 0 aliphatic rings. The molecule has 6 aromatic rings. The Morgan fingerprint density at radius 2 is 1.28 bits per heavy atom. The minimum absolute atomic E-state index is 0.230. The van der Waals surface area contributed by atoms with E-state index in [0.717, 1.165) is 50.4 Å². The van der Waals surface area contributed by atoms with E-state index in [9.17, 15) is 9.90 Å². The Hall–Kier alpha value is -5.10. The Balaban J connectivity index is 1.47. The van der Waals surface area contributed by atoms with Crippen LogP contribution in [0.2, 0.25) is 0 Å². The van der Waals surface area contributed by atoms with Gasteiger partial charge < -0.3 is 5.11 Å². The van der Waals surface area contributed by atoms with Gasteiger partial charge >= 0.3 is 5.97 Å². The SMILES string of the molecule is O=C(O)c1ccc(-n2nc(-c3ccc4nccnc4c3)cc2-c2ccc(-c3ccccc3)cc2)cc1. The topological polar surface area (TPSA) is 80.9 Å². The van der Waals surface area contributed by atoms with Crippen molar-refractivity contribution in [1.29, 1.82) is 0 Å². The fourth-order valence-corrected chi connectivity index (χ4v) is 4.26. The smallest absolute Gasteiger partial charge is 0.335 e. The highest BCUT2D eigenvalue weighted by molar-refractivity contribution is 5.88. The summed E-state index contributed by atoms with van der Waals surface area (Å²) in [5, 5.41) is 14.2. The van der Waals surface area contributed by atoms with Gasteiger partial charge in [0.15, 0.2) is 0 Å². The van der Waals surface area contributed by atoms with E-state index < -0.39 is 5.97 Å². The summed E-state index contributed by atoms with van der Waals surface area (Å²) in [6.07, 6.45) is 3.35. The molecule has 6 rings (SSSR count). The van der Waals surface area contributed by atoms with Gasteiger partial charge in [-0.05, 0) is 53.6 Å². The average Bonchev–Trinajstić information content (AvgIpc) is 3.39. The molecule has 0 saturated carbocycles. The first kappa shape index (κ1) is 21.4. The van der Waals surface area contributed by atoms with Crippen molar-refractivity contribution in [2.24, 2.45) is 0 Å². The molecule has 36 heavy (non-hydrogen) atoms. The van der Waals surface area contributed by atoms with Crippen LogP contribution in [0.5, 0.6) is 0 Å². The van der Waals surface area contributed by atoms with Gasteiger partial charge in [0.2, 0.25) is 0 Å². The summed E-state index contributed by atoms with van der Waals surface area (Å²) in [7, 11) is 0. The molecule has 0 saturated heterocycles. The van der Waals surface area contributed by atoms with Gasteiger partial charge in [0.1, 0.15) is 0 Å². The van der Waals surface area contributed by atoms with Crippen molar-refractivity contribution >= 4 is 17.0 Å². The van der Waals surface area contributed by atoms with Crippen molar-refractivity contribution in [3.63, 3.8) is 0 Å². The van der Waals surface area contributed by atoms with Crippen LogP contribution in [0.1, 0.15) is 10.4 Å². The van der Waals surface area contributed by atoms with Gasteiger partial charge in [0.25, 0.3) is 0 Å². The number of rotatable bonds is 5. The van der Waals surface area contributed by atoms with E-state index in [1.165, 1.54) is 0 Å². The standard InChI is InChI=1S/C30H20N4O2/c35-30(36)23-10-13-25(14-11-23)34-29(22-8-6-21(7-9-22)20-4-2-1-3-5-20)19-27(33-34)24-12-15-26-28(18-24)32-17-16-31-26/h1-19H,(H,35,36). The van der Waals surface area contributed by atoms with E-state index in [0.29, 0.717) is 0 Å². The summed E-state index contributed by atoms with van der Waals surface area (Å²) >= 11 is 0. The molecule has 2 aromatic heterocycles. The first-order valence-electron chi connectivity index (χ1n) is 11.5. The third-order valence-electron chi connectivity index (χ3n) is 6.12. The molecule has 6 nitrogen and oxygen atoms in total. The first-order chi connectivity index (χ1) is 17.7. The van der Waals surface area contributed by atoms with E-state index in [-0.39, 0.29) is 5.56 Å². The van der Waals surface area contributed by atoms with Gasteiger partial charge in [0, 0.05) is 23.5 Å². The Bertz CT molecular complexity index is 1690. The number of aromatic carboxylic acids is 1.